The van der Waals surface area contributed by atoms with Crippen LogP contribution in [-0.2, 0) is 14.3 Å². The van der Waals surface area contributed by atoms with Gasteiger partial charge in [-0.2, -0.15) is 0 Å². The van der Waals surface area contributed by atoms with Crippen molar-refractivity contribution >= 4 is 34.0 Å². The molecule has 11 heteroatoms. The van der Waals surface area contributed by atoms with Crippen LogP contribution in [0.2, 0.25) is 0 Å². The summed E-state index contributed by atoms with van der Waals surface area (Å²) in [5.41, 5.74) is 1.49. The van der Waals surface area contributed by atoms with Gasteiger partial charge in [0.05, 0.1) is 24.4 Å². The number of hydrogen-bond donors (Lipinski definition) is 2. The highest BCUT2D eigenvalue weighted by Gasteiger charge is 2.14. The molecule has 0 aliphatic rings. The molecule has 204 valence electrons. The van der Waals surface area contributed by atoms with Gasteiger partial charge in [0.2, 0.25) is 5.91 Å². The molecule has 0 aliphatic carbocycles. The van der Waals surface area contributed by atoms with Gasteiger partial charge in [-0.25, -0.2) is 14.4 Å². The first kappa shape index (κ1) is 28.8. The zero-order valence-corrected chi connectivity index (χ0v) is 22.1. The van der Waals surface area contributed by atoms with Crippen molar-refractivity contribution in [1.82, 2.24) is 14.9 Å². The van der Waals surface area contributed by atoms with Crippen molar-refractivity contribution in [3.63, 3.8) is 0 Å². The predicted molar refractivity (Wildman–Crippen MR) is 145 cm³/mol. The second-order valence-electron chi connectivity index (χ2n) is 8.40. The van der Waals surface area contributed by atoms with Crippen molar-refractivity contribution in [3.8, 4) is 11.5 Å². The molecule has 2 N–H and O–H groups in total. The van der Waals surface area contributed by atoms with Crippen LogP contribution >= 0.6 is 0 Å². The number of rotatable bonds is 15. The van der Waals surface area contributed by atoms with Gasteiger partial charge < -0.3 is 34.5 Å². The standard InChI is InChI=1S/C27H34FN5O5/c1-5-36-12-14-38-25-17-22-20(16-23(25)32-26(34)7-6-10-33(2)3)27(30-18-29-22)31-19-8-9-24(21(28)15-19)37-13-11-35-4/h6-9,15-18H,5,10-14H2,1-4H3,(H,32,34)(H,29,30,31)/b7-6+. The summed E-state index contributed by atoms with van der Waals surface area (Å²) in [5, 5.41) is 6.60. The second kappa shape index (κ2) is 14.8. The zero-order chi connectivity index (χ0) is 27.3. The number of nitrogens with zero attached hydrogens (tertiary/aromatic N) is 3. The SMILES string of the molecule is CCOCCOc1cc2ncnc(Nc3ccc(OCCOC)c(F)c3)c2cc1NC(=O)/C=C/CN(C)C. The molecule has 10 nitrogen and oxygen atoms in total. The van der Waals surface area contributed by atoms with E-state index in [2.05, 4.69) is 20.6 Å². The van der Waals surface area contributed by atoms with Crippen LogP contribution in [0, 0.1) is 5.82 Å². The molecule has 0 aliphatic heterocycles. The minimum atomic E-state index is -0.521. The topological polar surface area (TPSA) is 107 Å². The van der Waals surface area contributed by atoms with E-state index in [0.29, 0.717) is 66.8 Å². The van der Waals surface area contributed by atoms with E-state index in [1.807, 2.05) is 25.9 Å². The highest BCUT2D eigenvalue weighted by molar-refractivity contribution is 6.03. The number of anilines is 3. The van der Waals surface area contributed by atoms with E-state index < -0.39 is 5.82 Å². The number of amides is 1. The van der Waals surface area contributed by atoms with Crippen LogP contribution in [-0.4, -0.2) is 81.6 Å². The Kier molecular flexibility index (Phi) is 11.2. The zero-order valence-electron chi connectivity index (χ0n) is 22.1. The number of aromatic nitrogens is 2. The van der Waals surface area contributed by atoms with Gasteiger partial charge in [0.1, 0.15) is 31.1 Å². The van der Waals surface area contributed by atoms with E-state index in [1.165, 1.54) is 24.5 Å². The summed E-state index contributed by atoms with van der Waals surface area (Å²) >= 11 is 0. The molecule has 0 saturated carbocycles. The molecule has 3 rings (SSSR count). The van der Waals surface area contributed by atoms with Gasteiger partial charge in [-0.15, -0.1) is 0 Å². The summed E-state index contributed by atoms with van der Waals surface area (Å²) in [6, 6.07) is 7.99. The fourth-order valence-corrected chi connectivity index (χ4v) is 3.37. The molecule has 3 aromatic rings. The molecule has 0 bridgehead atoms. The summed E-state index contributed by atoms with van der Waals surface area (Å²) in [4.78, 5) is 23.2. The van der Waals surface area contributed by atoms with Crippen LogP contribution in [0.5, 0.6) is 11.5 Å². The predicted octanol–water partition coefficient (Wildman–Crippen LogP) is 4.01. The van der Waals surface area contributed by atoms with Crippen molar-refractivity contribution in [3.05, 3.63) is 54.6 Å². The van der Waals surface area contributed by atoms with Gasteiger partial charge in [-0.3, -0.25) is 4.79 Å². The first-order chi connectivity index (χ1) is 18.4. The number of carbonyl (C=O) groups excluding carboxylic acids is 1. The van der Waals surface area contributed by atoms with Crippen LogP contribution in [0.4, 0.5) is 21.6 Å². The quantitative estimate of drug-likeness (QED) is 0.224. The maximum atomic E-state index is 14.6. The Bertz CT molecular complexity index is 1240. The van der Waals surface area contributed by atoms with E-state index >= 15 is 0 Å². The Morgan fingerprint density at radius 2 is 1.84 bits per heavy atom. The number of ether oxygens (including phenoxy) is 4. The Labute approximate surface area is 221 Å². The van der Waals surface area contributed by atoms with Crippen molar-refractivity contribution < 1.29 is 28.1 Å². The Balaban J connectivity index is 1.88. The molecule has 0 saturated heterocycles. The number of benzene rings is 2. The molecule has 1 aromatic heterocycles. The van der Waals surface area contributed by atoms with Crippen molar-refractivity contribution in [2.24, 2.45) is 0 Å². The summed E-state index contributed by atoms with van der Waals surface area (Å²) in [5.74, 6) is 0.174. The third kappa shape index (κ3) is 8.65. The lowest BCUT2D eigenvalue weighted by molar-refractivity contribution is -0.111. The second-order valence-corrected chi connectivity index (χ2v) is 8.40. The molecule has 0 fully saturated rings. The molecule has 2 aromatic carbocycles. The van der Waals surface area contributed by atoms with E-state index in [4.69, 9.17) is 18.9 Å². The van der Waals surface area contributed by atoms with Crippen LogP contribution in [0.25, 0.3) is 10.9 Å². The van der Waals surface area contributed by atoms with Crippen LogP contribution in [0.3, 0.4) is 0 Å². The lowest BCUT2D eigenvalue weighted by atomic mass is 10.1. The highest BCUT2D eigenvalue weighted by Crippen LogP contribution is 2.34. The van der Waals surface area contributed by atoms with Crippen LogP contribution < -0.4 is 20.1 Å². The molecule has 1 heterocycles. The lowest BCUT2D eigenvalue weighted by Gasteiger charge is -2.15. The lowest BCUT2D eigenvalue weighted by Crippen LogP contribution is -2.14. The van der Waals surface area contributed by atoms with Gasteiger partial charge in [0.15, 0.2) is 11.6 Å². The third-order valence-corrected chi connectivity index (χ3v) is 5.16. The Hall–Kier alpha value is -3.80. The first-order valence-electron chi connectivity index (χ1n) is 12.2. The van der Waals surface area contributed by atoms with Gasteiger partial charge in [-0.05, 0) is 39.2 Å². The van der Waals surface area contributed by atoms with Crippen LogP contribution in [0.1, 0.15) is 6.92 Å². The van der Waals surface area contributed by atoms with Gasteiger partial charge in [0, 0.05) is 49.5 Å². The van der Waals surface area contributed by atoms with Crippen molar-refractivity contribution in [2.45, 2.75) is 6.92 Å². The van der Waals surface area contributed by atoms with Crippen molar-refractivity contribution in [1.29, 1.82) is 0 Å². The summed E-state index contributed by atoms with van der Waals surface area (Å²) < 4.78 is 36.1. The first-order valence-corrected chi connectivity index (χ1v) is 12.2. The number of likely N-dealkylation sites (N-methyl/N-ethyl adjacent to an activating group) is 1. The number of hydrogen-bond acceptors (Lipinski definition) is 9. The molecule has 0 spiro atoms. The Morgan fingerprint density at radius 3 is 2.58 bits per heavy atom. The number of carbonyl (C=O) groups is 1. The summed E-state index contributed by atoms with van der Waals surface area (Å²) in [6.07, 6.45) is 4.63. The normalized spacial score (nSPS) is 11.3. The van der Waals surface area contributed by atoms with Gasteiger partial charge in [0.25, 0.3) is 0 Å². The molecule has 0 unspecified atom stereocenters. The fraction of sp³-hybridized carbons (Fsp3) is 0.370. The van der Waals surface area contributed by atoms with Crippen molar-refractivity contribution in [2.75, 3.05) is 71.4 Å². The molecule has 38 heavy (non-hydrogen) atoms. The average molecular weight is 528 g/mol. The minimum absolute atomic E-state index is 0.126. The largest absolute Gasteiger partial charge is 0.489 e. The van der Waals surface area contributed by atoms with Gasteiger partial charge in [-0.1, -0.05) is 6.08 Å². The van der Waals surface area contributed by atoms with E-state index in [-0.39, 0.29) is 18.3 Å². The summed E-state index contributed by atoms with van der Waals surface area (Å²) in [6.45, 7) is 4.40. The average Bonchev–Trinajstić information content (AvgIpc) is 2.88. The molecule has 1 amide bonds. The number of methoxy groups -OCH3 is 1. The fourth-order valence-electron chi connectivity index (χ4n) is 3.37. The third-order valence-electron chi connectivity index (χ3n) is 5.16. The molecule has 0 atom stereocenters. The van der Waals surface area contributed by atoms with Gasteiger partial charge >= 0.3 is 0 Å². The van der Waals surface area contributed by atoms with E-state index in [1.54, 1.807) is 31.4 Å². The molecular weight excluding hydrogens is 493 g/mol. The van der Waals surface area contributed by atoms with Crippen LogP contribution in [0.15, 0.2) is 48.8 Å². The Morgan fingerprint density at radius 1 is 1.05 bits per heavy atom. The number of fused-ring (bicyclic) bond motifs is 1. The molecular formula is C27H34FN5O5. The maximum absolute atomic E-state index is 14.6. The summed E-state index contributed by atoms with van der Waals surface area (Å²) in [7, 11) is 5.38. The number of nitrogens with one attached hydrogen (secondary N) is 2. The minimum Gasteiger partial charge on any atom is -0.489 e. The molecule has 0 radical (unpaired) electrons. The van der Waals surface area contributed by atoms with E-state index in [9.17, 15) is 9.18 Å². The van der Waals surface area contributed by atoms with E-state index in [0.717, 1.165) is 0 Å². The number of halogens is 1. The smallest absolute Gasteiger partial charge is 0.248 e. The monoisotopic (exact) mass is 527 g/mol. The maximum Gasteiger partial charge on any atom is 0.248 e. The highest BCUT2D eigenvalue weighted by atomic mass is 19.1.